The smallest absolute Gasteiger partial charge is 0.408 e. The SMILES string of the molecule is C[C@H]1CCC=C[C@@H]2C[C@@]2(C(=O)NS(=O)(=O)C2(CF)CC2)NC(=O)[C@@H]2C[C@@H](Oc3nc4c(c5ccccc35)CCCO4)CN2C(=O)[C@@H](N(C(=O)O)C(C)(C)C)[C@H](C)C1. The lowest BCUT2D eigenvalue weighted by Crippen LogP contribution is -2.62. The van der Waals surface area contributed by atoms with E-state index in [0.717, 1.165) is 29.2 Å². The summed E-state index contributed by atoms with van der Waals surface area (Å²) in [7, 11) is -4.40. The number of carbonyl (C=O) groups is 4. The average Bonchev–Trinajstić information content (AvgIpc) is 4.06. The molecule has 1 aromatic carbocycles. The second-order valence-corrected chi connectivity index (χ2v) is 19.9. The van der Waals surface area contributed by atoms with Crippen molar-refractivity contribution in [2.45, 2.75) is 126 Å². The molecule has 16 heteroatoms. The molecule has 3 aliphatic heterocycles. The van der Waals surface area contributed by atoms with Crippen molar-refractivity contribution in [2.75, 3.05) is 19.8 Å². The van der Waals surface area contributed by atoms with Crippen LogP contribution in [0, 0.1) is 17.8 Å². The van der Waals surface area contributed by atoms with Crippen LogP contribution in [0.15, 0.2) is 36.4 Å². The van der Waals surface area contributed by atoms with E-state index >= 15 is 4.79 Å². The lowest BCUT2D eigenvalue weighted by molar-refractivity contribution is -0.146. The summed E-state index contributed by atoms with van der Waals surface area (Å²) in [6.45, 7) is 8.32. The van der Waals surface area contributed by atoms with E-state index in [-0.39, 0.29) is 44.0 Å². The summed E-state index contributed by atoms with van der Waals surface area (Å²) >= 11 is 0. The highest BCUT2D eigenvalue weighted by atomic mass is 32.2. The van der Waals surface area contributed by atoms with Gasteiger partial charge in [0, 0.05) is 28.8 Å². The highest BCUT2D eigenvalue weighted by Crippen LogP contribution is 2.48. The number of allylic oxidation sites excluding steroid dienone is 1. The molecule has 14 nitrogen and oxygen atoms in total. The van der Waals surface area contributed by atoms with Gasteiger partial charge in [-0.1, -0.05) is 44.2 Å². The molecule has 57 heavy (non-hydrogen) atoms. The van der Waals surface area contributed by atoms with Crippen molar-refractivity contribution < 1.29 is 46.6 Å². The number of alkyl halides is 1. The molecule has 0 spiro atoms. The molecule has 5 aliphatic rings. The number of aromatic nitrogens is 1. The molecule has 0 radical (unpaired) electrons. The first-order chi connectivity index (χ1) is 26.9. The maximum Gasteiger partial charge on any atom is 0.408 e. The first-order valence-electron chi connectivity index (χ1n) is 20.1. The molecule has 2 saturated carbocycles. The van der Waals surface area contributed by atoms with Crippen molar-refractivity contribution in [3.63, 3.8) is 0 Å². The van der Waals surface area contributed by atoms with E-state index in [2.05, 4.69) is 10.0 Å². The zero-order valence-electron chi connectivity index (χ0n) is 33.3. The molecule has 0 unspecified atom stereocenters. The second-order valence-electron chi connectivity index (χ2n) is 17.8. The van der Waals surface area contributed by atoms with Crippen LogP contribution in [-0.2, 0) is 30.8 Å². The predicted molar refractivity (Wildman–Crippen MR) is 209 cm³/mol. The van der Waals surface area contributed by atoms with Gasteiger partial charge in [0.05, 0.1) is 13.2 Å². The van der Waals surface area contributed by atoms with Gasteiger partial charge in [0.15, 0.2) is 0 Å². The monoisotopic (exact) mass is 811 g/mol. The van der Waals surface area contributed by atoms with E-state index in [1.54, 1.807) is 26.8 Å². The summed E-state index contributed by atoms with van der Waals surface area (Å²) in [5.41, 5.74) is -1.70. The van der Waals surface area contributed by atoms with Gasteiger partial charge in [0.2, 0.25) is 33.6 Å². The summed E-state index contributed by atoms with van der Waals surface area (Å²) in [5.74, 6) is -2.48. The van der Waals surface area contributed by atoms with Crippen molar-refractivity contribution in [2.24, 2.45) is 17.8 Å². The molecule has 7 rings (SSSR count). The maximum atomic E-state index is 15.1. The quantitative estimate of drug-likeness (QED) is 0.326. The number of carboxylic acid groups (broad SMARTS) is 1. The van der Waals surface area contributed by atoms with E-state index in [1.807, 2.05) is 44.2 Å². The molecule has 3 fully saturated rings. The Morgan fingerprint density at radius 1 is 1.16 bits per heavy atom. The fourth-order valence-electron chi connectivity index (χ4n) is 9.01. The number of aryl methyl sites for hydroxylation is 1. The number of pyridine rings is 1. The number of hydrogen-bond acceptors (Lipinski definition) is 9. The van der Waals surface area contributed by atoms with E-state index < -0.39 is 86.4 Å². The highest BCUT2D eigenvalue weighted by molar-refractivity contribution is 7.91. The van der Waals surface area contributed by atoms with E-state index in [9.17, 15) is 32.3 Å². The van der Waals surface area contributed by atoms with Crippen LogP contribution in [0.1, 0.15) is 91.5 Å². The minimum absolute atomic E-state index is 0.0346. The van der Waals surface area contributed by atoms with Crippen LogP contribution in [0.5, 0.6) is 11.8 Å². The number of nitrogens with zero attached hydrogens (tertiary/aromatic N) is 3. The number of hydrogen-bond donors (Lipinski definition) is 3. The fraction of sp³-hybridized carbons (Fsp3) is 0.634. The molecule has 2 aliphatic carbocycles. The van der Waals surface area contributed by atoms with Gasteiger partial charge in [0.25, 0.3) is 5.91 Å². The molecular weight excluding hydrogens is 758 g/mol. The Bertz CT molecular complexity index is 2090. The Balaban J connectivity index is 1.27. The minimum Gasteiger partial charge on any atom is -0.477 e. The Kier molecular flexibility index (Phi) is 10.7. The molecule has 4 heterocycles. The molecule has 7 atom stereocenters. The lowest BCUT2D eigenvalue weighted by atomic mass is 9.85. The van der Waals surface area contributed by atoms with Crippen molar-refractivity contribution in [1.29, 1.82) is 0 Å². The van der Waals surface area contributed by atoms with Gasteiger partial charge in [-0.05, 0) is 95.4 Å². The van der Waals surface area contributed by atoms with Crippen LogP contribution in [0.3, 0.4) is 0 Å². The number of sulfonamides is 1. The summed E-state index contributed by atoms with van der Waals surface area (Å²) in [6, 6.07) is 5.23. The van der Waals surface area contributed by atoms with Crippen LogP contribution in [0.4, 0.5) is 9.18 Å². The van der Waals surface area contributed by atoms with Gasteiger partial charge in [-0.15, -0.1) is 0 Å². The molecule has 2 aromatic rings. The van der Waals surface area contributed by atoms with Crippen LogP contribution >= 0.6 is 0 Å². The lowest BCUT2D eigenvalue weighted by Gasteiger charge is -2.43. The van der Waals surface area contributed by atoms with Gasteiger partial charge in [-0.25, -0.2) is 17.6 Å². The Labute approximate surface area is 333 Å². The number of rotatable bonds is 7. The molecular formula is C41H54FN5O9S. The number of amides is 4. The van der Waals surface area contributed by atoms with E-state index in [4.69, 9.17) is 14.5 Å². The number of benzene rings is 1. The van der Waals surface area contributed by atoms with Gasteiger partial charge in [-0.3, -0.25) is 24.0 Å². The van der Waals surface area contributed by atoms with Gasteiger partial charge in [0.1, 0.15) is 35.1 Å². The standard InChI is InChI=1S/C41H54FN5O9S/c1-24-11-6-7-12-26-21-41(26,37(50)45-57(53,54)40(23-42)16-17-40)44-33(48)31-20-27(22-46(31)36(49)32(25(2)19-24)47(38(51)52)39(3,4)5)56-35-30-14-9-8-13-28(30)29-15-10-18-55-34(29)43-35/h7-9,12-14,24-27,31-32H,6,10-11,15-23H2,1-5H3,(H,44,48)(H,45,50)(H,51,52)/t24-,25+,26+,27+,31-,32-,41+/m0/s1. The molecule has 1 aromatic heterocycles. The Morgan fingerprint density at radius 2 is 1.88 bits per heavy atom. The number of halogens is 1. The average molecular weight is 812 g/mol. The van der Waals surface area contributed by atoms with Crippen molar-refractivity contribution in [1.82, 2.24) is 24.8 Å². The van der Waals surface area contributed by atoms with Gasteiger partial charge in [-0.2, -0.15) is 4.98 Å². The summed E-state index contributed by atoms with van der Waals surface area (Å²) < 4.78 is 53.3. The third-order valence-electron chi connectivity index (χ3n) is 12.5. The van der Waals surface area contributed by atoms with Crippen molar-refractivity contribution >= 4 is 44.6 Å². The first-order valence-corrected chi connectivity index (χ1v) is 21.5. The molecule has 4 amide bonds. The first kappa shape index (κ1) is 40.7. The van der Waals surface area contributed by atoms with E-state index in [1.165, 1.54) is 9.80 Å². The fourth-order valence-corrected chi connectivity index (χ4v) is 10.4. The second kappa shape index (κ2) is 15.0. The number of fused-ring (bicyclic) bond motifs is 5. The number of nitrogens with one attached hydrogen (secondary N) is 2. The minimum atomic E-state index is -4.40. The predicted octanol–water partition coefficient (Wildman–Crippen LogP) is 4.89. The maximum absolute atomic E-state index is 15.1. The summed E-state index contributed by atoms with van der Waals surface area (Å²) in [6.07, 6.45) is 5.29. The molecule has 310 valence electrons. The van der Waals surface area contributed by atoms with Gasteiger partial charge >= 0.3 is 6.09 Å². The van der Waals surface area contributed by atoms with Crippen molar-refractivity contribution in [3.8, 4) is 11.8 Å². The Morgan fingerprint density at radius 3 is 2.54 bits per heavy atom. The van der Waals surface area contributed by atoms with E-state index in [0.29, 0.717) is 31.7 Å². The number of carbonyl (C=O) groups excluding carboxylic acids is 3. The Hall–Kier alpha value is -4.47. The third kappa shape index (κ3) is 7.65. The van der Waals surface area contributed by atoms with Crippen LogP contribution in [0.2, 0.25) is 0 Å². The van der Waals surface area contributed by atoms with Crippen LogP contribution in [0.25, 0.3) is 10.8 Å². The van der Waals surface area contributed by atoms with Crippen LogP contribution < -0.4 is 19.5 Å². The zero-order valence-corrected chi connectivity index (χ0v) is 34.1. The molecule has 0 bridgehead atoms. The summed E-state index contributed by atoms with van der Waals surface area (Å²) in [5, 5.41) is 15.1. The van der Waals surface area contributed by atoms with Crippen molar-refractivity contribution in [3.05, 3.63) is 42.0 Å². The largest absolute Gasteiger partial charge is 0.477 e. The molecule has 1 saturated heterocycles. The summed E-state index contributed by atoms with van der Waals surface area (Å²) in [4.78, 5) is 64.0. The van der Waals surface area contributed by atoms with Gasteiger partial charge < -0.3 is 24.8 Å². The highest BCUT2D eigenvalue weighted by Gasteiger charge is 2.64. The van der Waals surface area contributed by atoms with Crippen LogP contribution in [-0.4, -0.2) is 106 Å². The third-order valence-corrected chi connectivity index (χ3v) is 14.6. The zero-order chi connectivity index (χ0) is 41.1. The normalized spacial score (nSPS) is 30.0. The number of ether oxygens (including phenoxy) is 2. The topological polar surface area (TPSA) is 185 Å². The molecule has 3 N–H and O–H groups in total.